The van der Waals surface area contributed by atoms with Crippen LogP contribution in [0.2, 0.25) is 0 Å². The van der Waals surface area contributed by atoms with E-state index in [0.717, 1.165) is 49.1 Å². The zero-order valence-corrected chi connectivity index (χ0v) is 14.1. The van der Waals surface area contributed by atoms with Crippen LogP contribution in [0.3, 0.4) is 0 Å². The lowest BCUT2D eigenvalue weighted by molar-refractivity contribution is 0.128. The van der Waals surface area contributed by atoms with Crippen molar-refractivity contribution < 1.29 is 9.47 Å². The highest BCUT2D eigenvalue weighted by atomic mass is 31.1. The van der Waals surface area contributed by atoms with Gasteiger partial charge in [-0.3, -0.25) is 0 Å². The summed E-state index contributed by atoms with van der Waals surface area (Å²) in [5, 5.41) is 0. The fraction of sp³-hybridized carbons (Fsp3) is 1.00. The van der Waals surface area contributed by atoms with Crippen LogP contribution in [0, 0.1) is 0 Å². The molecule has 2 aliphatic rings. The Bertz CT molecular complexity index is 216. The quantitative estimate of drug-likeness (QED) is 0.740. The Kier molecular flexibility index (Phi) is 5.88. The van der Waals surface area contributed by atoms with Crippen LogP contribution in [0.5, 0.6) is 0 Å². The highest BCUT2D eigenvalue weighted by molar-refractivity contribution is 7.63. The molecule has 2 saturated heterocycles. The molecule has 0 aromatic heterocycles. The summed E-state index contributed by atoms with van der Waals surface area (Å²) in [5.74, 6) is 0. The van der Waals surface area contributed by atoms with Crippen molar-refractivity contribution in [3.63, 3.8) is 0 Å². The smallest absolute Gasteiger partial charge is 0.0531 e. The van der Waals surface area contributed by atoms with Gasteiger partial charge in [-0.15, -0.1) is 0 Å². The molecule has 0 aliphatic carbocycles. The van der Waals surface area contributed by atoms with E-state index in [0.29, 0.717) is 0 Å². The molecule has 2 fully saturated rings. The van der Waals surface area contributed by atoms with Crippen molar-refractivity contribution in [3.8, 4) is 0 Å². The van der Waals surface area contributed by atoms with Gasteiger partial charge in [-0.05, 0) is 12.3 Å². The molecule has 4 atom stereocenters. The van der Waals surface area contributed by atoms with Crippen LogP contribution in [0.15, 0.2) is 0 Å². The van der Waals surface area contributed by atoms with E-state index in [9.17, 15) is 0 Å². The molecular weight excluding hydrogens is 262 g/mol. The molecule has 0 spiro atoms. The zero-order valence-electron chi connectivity index (χ0n) is 12.3. The van der Waals surface area contributed by atoms with Crippen molar-refractivity contribution in [1.82, 2.24) is 0 Å². The fourth-order valence-electron chi connectivity index (χ4n) is 3.18. The summed E-state index contributed by atoms with van der Waals surface area (Å²) >= 11 is 0. The summed E-state index contributed by atoms with van der Waals surface area (Å²) in [7, 11) is 0.387. The van der Waals surface area contributed by atoms with Crippen molar-refractivity contribution >= 4 is 15.8 Å². The molecule has 2 nitrogen and oxygen atoms in total. The number of ether oxygens (including phenoxy) is 2. The van der Waals surface area contributed by atoms with Gasteiger partial charge in [0.2, 0.25) is 0 Å². The molecule has 2 aliphatic heterocycles. The summed E-state index contributed by atoms with van der Waals surface area (Å²) in [6.07, 6.45) is 2.95. The van der Waals surface area contributed by atoms with E-state index < -0.39 is 0 Å². The van der Waals surface area contributed by atoms with Gasteiger partial charge < -0.3 is 9.47 Å². The van der Waals surface area contributed by atoms with Crippen LogP contribution >= 0.6 is 15.8 Å². The van der Waals surface area contributed by atoms with Crippen LogP contribution in [0.4, 0.5) is 0 Å². The lowest BCUT2D eigenvalue weighted by atomic mass is 10.4. The van der Waals surface area contributed by atoms with Gasteiger partial charge in [0.25, 0.3) is 0 Å². The molecule has 106 valence electrons. The van der Waals surface area contributed by atoms with Crippen molar-refractivity contribution in [2.24, 2.45) is 0 Å². The first kappa shape index (κ1) is 15.2. The minimum atomic E-state index is 0.193. The Morgan fingerprint density at radius 2 is 0.944 bits per heavy atom. The van der Waals surface area contributed by atoms with Gasteiger partial charge >= 0.3 is 0 Å². The maximum Gasteiger partial charge on any atom is 0.0531 e. The molecular formula is C14H28O2P2. The Morgan fingerprint density at radius 3 is 1.22 bits per heavy atom. The molecule has 18 heavy (non-hydrogen) atoms. The van der Waals surface area contributed by atoms with Crippen LogP contribution in [-0.2, 0) is 9.47 Å². The normalized spacial score (nSPS) is 40.0. The zero-order chi connectivity index (χ0) is 13.1. The minimum absolute atomic E-state index is 0.193. The van der Waals surface area contributed by atoms with Crippen LogP contribution < -0.4 is 0 Å². The van der Waals surface area contributed by atoms with Crippen molar-refractivity contribution in [1.29, 1.82) is 0 Å². The average Bonchev–Trinajstić information content (AvgIpc) is 2.31. The molecule has 0 amide bonds. The molecule has 4 heteroatoms. The average molecular weight is 290 g/mol. The Labute approximate surface area is 115 Å². The highest BCUT2D eigenvalue weighted by Crippen LogP contribution is 2.55. The number of rotatable bonds is 3. The third-order valence-corrected chi connectivity index (χ3v) is 11.3. The third kappa shape index (κ3) is 3.66. The van der Waals surface area contributed by atoms with Crippen molar-refractivity contribution in [3.05, 3.63) is 0 Å². The Balaban J connectivity index is 1.85. The first-order valence-electron chi connectivity index (χ1n) is 7.26. The molecule has 0 bridgehead atoms. The largest absolute Gasteiger partial charge is 0.380 e. The Morgan fingerprint density at radius 1 is 0.667 bits per heavy atom. The van der Waals surface area contributed by atoms with Gasteiger partial charge in [0.15, 0.2) is 0 Å². The van der Waals surface area contributed by atoms with Crippen molar-refractivity contribution in [2.75, 3.05) is 38.8 Å². The van der Waals surface area contributed by atoms with E-state index in [4.69, 9.17) is 9.47 Å². The Hall–Kier alpha value is 0.780. The van der Waals surface area contributed by atoms with Gasteiger partial charge in [0, 0.05) is 22.6 Å². The predicted octanol–water partition coefficient (Wildman–Crippen LogP) is 3.56. The second-order valence-corrected chi connectivity index (χ2v) is 12.4. The number of hydrogen-bond donors (Lipinski definition) is 0. The summed E-state index contributed by atoms with van der Waals surface area (Å²) in [6.45, 7) is 13.6. The molecule has 0 aromatic rings. The molecule has 0 N–H and O–H groups in total. The molecule has 0 aromatic carbocycles. The van der Waals surface area contributed by atoms with E-state index in [2.05, 4.69) is 27.7 Å². The van der Waals surface area contributed by atoms with E-state index in [1.165, 1.54) is 12.3 Å². The van der Waals surface area contributed by atoms with Crippen molar-refractivity contribution in [2.45, 2.75) is 50.3 Å². The third-order valence-electron chi connectivity index (χ3n) is 4.32. The maximum absolute atomic E-state index is 5.66. The maximum atomic E-state index is 5.66. The molecule has 2 heterocycles. The van der Waals surface area contributed by atoms with Gasteiger partial charge in [-0.25, -0.2) is 0 Å². The molecule has 0 saturated carbocycles. The first-order valence-corrected chi connectivity index (χ1v) is 10.6. The van der Waals surface area contributed by atoms with E-state index in [1.807, 2.05) is 0 Å². The highest BCUT2D eigenvalue weighted by Gasteiger charge is 2.32. The molecule has 2 rings (SSSR count). The summed E-state index contributed by atoms with van der Waals surface area (Å²) in [5.41, 5.74) is 3.24. The van der Waals surface area contributed by atoms with E-state index in [-0.39, 0.29) is 15.8 Å². The second-order valence-electron chi connectivity index (χ2n) is 5.95. The fourth-order valence-corrected chi connectivity index (χ4v) is 9.72. The minimum Gasteiger partial charge on any atom is -0.380 e. The van der Waals surface area contributed by atoms with Gasteiger partial charge in [0.05, 0.1) is 26.4 Å². The monoisotopic (exact) mass is 290 g/mol. The van der Waals surface area contributed by atoms with Crippen LogP contribution in [-0.4, -0.2) is 61.4 Å². The number of hydrogen-bond acceptors (Lipinski definition) is 2. The summed E-state index contributed by atoms with van der Waals surface area (Å²) in [6, 6.07) is 0. The van der Waals surface area contributed by atoms with Gasteiger partial charge in [-0.1, -0.05) is 43.5 Å². The summed E-state index contributed by atoms with van der Waals surface area (Å²) < 4.78 is 11.3. The standard InChI is InChI=1S/C14H28O2P2/c1-11-7-15-8-12(2)17(11)5-6-18-13(3)9-16-10-14(18)4/h11-14H,5-10H2,1-4H3/t11-,12-,13-,14-/m1/s1. The lowest BCUT2D eigenvalue weighted by Gasteiger charge is -2.39. The SMILES string of the molecule is C[C@@H]1COC[C@@H](C)P1CCP1[C@H](C)COC[C@H]1C. The van der Waals surface area contributed by atoms with Gasteiger partial charge in [0.1, 0.15) is 0 Å². The van der Waals surface area contributed by atoms with Crippen LogP contribution in [0.1, 0.15) is 27.7 Å². The van der Waals surface area contributed by atoms with E-state index in [1.54, 1.807) is 0 Å². The van der Waals surface area contributed by atoms with Crippen LogP contribution in [0.25, 0.3) is 0 Å². The lowest BCUT2D eigenvalue weighted by Crippen LogP contribution is -2.31. The topological polar surface area (TPSA) is 18.5 Å². The van der Waals surface area contributed by atoms with Gasteiger partial charge in [-0.2, -0.15) is 0 Å². The molecule has 0 radical (unpaired) electrons. The second kappa shape index (κ2) is 6.98. The predicted molar refractivity (Wildman–Crippen MR) is 83.1 cm³/mol. The summed E-state index contributed by atoms with van der Waals surface area (Å²) in [4.78, 5) is 0. The van der Waals surface area contributed by atoms with E-state index >= 15 is 0 Å². The molecule has 0 unspecified atom stereocenters. The first-order chi connectivity index (χ1) is 8.59.